The highest BCUT2D eigenvalue weighted by atomic mass is 19.1. The highest BCUT2D eigenvalue weighted by molar-refractivity contribution is 5.99. The molecule has 4 atom stereocenters. The van der Waals surface area contributed by atoms with Gasteiger partial charge in [0.15, 0.2) is 5.78 Å². The second kappa shape index (κ2) is 9.82. The minimum absolute atomic E-state index is 0.110. The highest BCUT2D eigenvalue weighted by Crippen LogP contribution is 2.30. The average molecular weight is 457 g/mol. The summed E-state index contributed by atoms with van der Waals surface area (Å²) in [4.78, 5) is 46.7. The summed E-state index contributed by atoms with van der Waals surface area (Å²) in [5.74, 6) is -1.01. The lowest BCUT2D eigenvalue weighted by Gasteiger charge is -2.28. The zero-order chi connectivity index (χ0) is 23.5. The Kier molecular flexibility index (Phi) is 6.88. The number of H-pyrrole nitrogens is 1. The zero-order valence-corrected chi connectivity index (χ0v) is 18.8. The second-order valence-corrected chi connectivity index (χ2v) is 9.11. The number of carbonyl (C=O) groups is 3. The molecule has 4 rings (SSSR count). The number of rotatable bonds is 8. The monoisotopic (exact) mass is 456 g/mol. The molecule has 2 fully saturated rings. The Bertz CT molecular complexity index is 992. The Labute approximate surface area is 191 Å². The first kappa shape index (κ1) is 23.1. The fraction of sp³-hybridized carbons (Fsp3) is 0.500. The first-order valence-electron chi connectivity index (χ1n) is 11.3. The quantitative estimate of drug-likeness (QED) is 0.631. The molecule has 2 aromatic rings. The lowest BCUT2D eigenvalue weighted by atomic mass is 10.0. The Morgan fingerprint density at radius 3 is 2.70 bits per heavy atom. The van der Waals surface area contributed by atoms with Crippen molar-refractivity contribution in [1.82, 2.24) is 20.2 Å². The molecule has 0 aliphatic carbocycles. The van der Waals surface area contributed by atoms with Gasteiger partial charge in [-0.1, -0.05) is 26.0 Å². The van der Waals surface area contributed by atoms with Gasteiger partial charge in [-0.3, -0.25) is 14.4 Å². The van der Waals surface area contributed by atoms with Gasteiger partial charge in [0.05, 0.1) is 18.6 Å². The number of amides is 2. The van der Waals surface area contributed by atoms with Crippen LogP contribution in [-0.4, -0.2) is 70.0 Å². The van der Waals surface area contributed by atoms with E-state index in [0.717, 1.165) is 24.1 Å². The molecule has 2 amide bonds. The lowest BCUT2D eigenvalue weighted by molar-refractivity contribution is -0.138. The SMILES string of the molecule is CC(C)C[C@H](NC(=O)c1ccc(CCc2c[nH]cn2)cc1)C(=O)N1C[C@H](F)[C@H]2OCC(=O)[C@H]21. The number of ketones is 1. The Morgan fingerprint density at radius 1 is 1.27 bits per heavy atom. The fourth-order valence-electron chi connectivity index (χ4n) is 4.48. The number of aromatic amines is 1. The van der Waals surface area contributed by atoms with Crippen LogP contribution in [0, 0.1) is 5.92 Å². The maximum Gasteiger partial charge on any atom is 0.251 e. The number of Topliss-reactive ketones (excluding diaryl/α,β-unsaturated/α-hetero) is 1. The van der Waals surface area contributed by atoms with E-state index in [0.29, 0.717) is 12.0 Å². The second-order valence-electron chi connectivity index (χ2n) is 9.11. The third-order valence-electron chi connectivity index (χ3n) is 6.16. The summed E-state index contributed by atoms with van der Waals surface area (Å²) in [5.41, 5.74) is 2.47. The Hall–Kier alpha value is -3.07. The van der Waals surface area contributed by atoms with Gasteiger partial charge in [0.1, 0.15) is 31.0 Å². The summed E-state index contributed by atoms with van der Waals surface area (Å²) in [6, 6.07) is 5.46. The summed E-state index contributed by atoms with van der Waals surface area (Å²) < 4.78 is 19.6. The average Bonchev–Trinajstić information content (AvgIpc) is 3.51. The summed E-state index contributed by atoms with van der Waals surface area (Å²) in [5, 5.41) is 2.81. The minimum atomic E-state index is -1.41. The van der Waals surface area contributed by atoms with Crippen molar-refractivity contribution in [3.8, 4) is 0 Å². The number of carbonyl (C=O) groups excluding carboxylic acids is 3. The summed E-state index contributed by atoms with van der Waals surface area (Å²) >= 11 is 0. The van der Waals surface area contributed by atoms with E-state index in [-0.39, 0.29) is 30.8 Å². The predicted octanol–water partition coefficient (Wildman–Crippen LogP) is 1.86. The van der Waals surface area contributed by atoms with Crippen molar-refractivity contribution in [3.63, 3.8) is 0 Å². The van der Waals surface area contributed by atoms with Crippen molar-refractivity contribution >= 4 is 17.6 Å². The van der Waals surface area contributed by atoms with Gasteiger partial charge in [-0.15, -0.1) is 0 Å². The van der Waals surface area contributed by atoms with Gasteiger partial charge in [-0.25, -0.2) is 9.37 Å². The van der Waals surface area contributed by atoms with Crippen molar-refractivity contribution in [1.29, 1.82) is 0 Å². The number of imidazole rings is 1. The van der Waals surface area contributed by atoms with Gasteiger partial charge in [0.25, 0.3) is 5.91 Å². The van der Waals surface area contributed by atoms with Crippen LogP contribution in [0.25, 0.3) is 0 Å². The molecule has 2 saturated heterocycles. The number of ether oxygens (including phenoxy) is 1. The molecule has 0 radical (unpaired) electrons. The van der Waals surface area contributed by atoms with Crippen LogP contribution in [0.2, 0.25) is 0 Å². The van der Waals surface area contributed by atoms with Crippen LogP contribution in [0.3, 0.4) is 0 Å². The van der Waals surface area contributed by atoms with E-state index >= 15 is 0 Å². The minimum Gasteiger partial charge on any atom is -0.365 e. The number of nitrogens with zero attached hydrogens (tertiary/aromatic N) is 2. The number of aryl methyl sites for hydroxylation is 2. The summed E-state index contributed by atoms with van der Waals surface area (Å²) in [7, 11) is 0. The molecule has 0 spiro atoms. The number of likely N-dealkylation sites (tertiary alicyclic amines) is 1. The van der Waals surface area contributed by atoms with Crippen LogP contribution in [0.4, 0.5) is 4.39 Å². The van der Waals surface area contributed by atoms with Crippen molar-refractivity contribution in [3.05, 3.63) is 53.6 Å². The normalized spacial score (nSPS) is 23.1. The molecule has 2 aliphatic rings. The summed E-state index contributed by atoms with van der Waals surface area (Å²) in [6.07, 6.45) is 3.14. The van der Waals surface area contributed by atoms with E-state index in [1.165, 1.54) is 4.90 Å². The number of fused-ring (bicyclic) bond motifs is 1. The van der Waals surface area contributed by atoms with Crippen LogP contribution in [0.15, 0.2) is 36.8 Å². The fourth-order valence-corrected chi connectivity index (χ4v) is 4.48. The van der Waals surface area contributed by atoms with Crippen molar-refractivity contribution < 1.29 is 23.5 Å². The van der Waals surface area contributed by atoms with Crippen LogP contribution in [0.1, 0.15) is 41.9 Å². The number of nitrogens with one attached hydrogen (secondary N) is 2. The van der Waals surface area contributed by atoms with Gasteiger partial charge in [-0.05, 0) is 42.9 Å². The van der Waals surface area contributed by atoms with E-state index < -0.39 is 30.3 Å². The molecule has 33 heavy (non-hydrogen) atoms. The van der Waals surface area contributed by atoms with E-state index in [9.17, 15) is 18.8 Å². The Morgan fingerprint density at radius 2 is 2.03 bits per heavy atom. The smallest absolute Gasteiger partial charge is 0.251 e. The third-order valence-corrected chi connectivity index (χ3v) is 6.16. The molecule has 9 heteroatoms. The molecule has 176 valence electrons. The molecule has 8 nitrogen and oxygen atoms in total. The van der Waals surface area contributed by atoms with Crippen molar-refractivity contribution in [2.75, 3.05) is 13.2 Å². The van der Waals surface area contributed by atoms with Gasteiger partial charge in [-0.2, -0.15) is 0 Å². The van der Waals surface area contributed by atoms with Crippen LogP contribution < -0.4 is 5.32 Å². The number of aromatic nitrogens is 2. The van der Waals surface area contributed by atoms with Crippen LogP contribution in [-0.2, 0) is 27.2 Å². The number of hydrogen-bond donors (Lipinski definition) is 2. The van der Waals surface area contributed by atoms with Gasteiger partial charge in [0.2, 0.25) is 5.91 Å². The Balaban J connectivity index is 1.42. The first-order chi connectivity index (χ1) is 15.8. The largest absolute Gasteiger partial charge is 0.365 e. The van der Waals surface area contributed by atoms with Gasteiger partial charge >= 0.3 is 0 Å². The van der Waals surface area contributed by atoms with E-state index in [1.807, 2.05) is 32.2 Å². The molecule has 0 saturated carbocycles. The standard InChI is InChI=1S/C24H29FN4O4/c1-14(2)9-19(24(32)29-11-18(25)22-21(29)20(30)12-33-22)28-23(31)16-6-3-15(4-7-16)5-8-17-10-26-13-27-17/h3-4,6-7,10,13-14,18-19,21-22H,5,8-9,11-12H2,1-2H3,(H,26,27)(H,28,31)/t18-,19-,21+,22+/m0/s1. The number of alkyl halides is 1. The topological polar surface area (TPSA) is 104 Å². The van der Waals surface area contributed by atoms with Gasteiger partial charge in [0, 0.05) is 11.8 Å². The van der Waals surface area contributed by atoms with E-state index in [4.69, 9.17) is 4.74 Å². The molecule has 1 aromatic heterocycles. The molecule has 2 N–H and O–H groups in total. The van der Waals surface area contributed by atoms with E-state index in [1.54, 1.807) is 18.5 Å². The maximum atomic E-state index is 14.3. The zero-order valence-electron chi connectivity index (χ0n) is 18.8. The maximum absolute atomic E-state index is 14.3. The number of halogens is 1. The molecule has 3 heterocycles. The molecule has 1 aromatic carbocycles. The number of benzene rings is 1. The van der Waals surface area contributed by atoms with Gasteiger partial charge < -0.3 is 19.9 Å². The number of hydrogen-bond acceptors (Lipinski definition) is 5. The summed E-state index contributed by atoms with van der Waals surface area (Å²) in [6.45, 7) is 3.49. The van der Waals surface area contributed by atoms with E-state index in [2.05, 4.69) is 15.3 Å². The predicted molar refractivity (Wildman–Crippen MR) is 118 cm³/mol. The molecular formula is C24H29FN4O4. The van der Waals surface area contributed by atoms with Crippen LogP contribution >= 0.6 is 0 Å². The molecular weight excluding hydrogens is 427 g/mol. The first-order valence-corrected chi connectivity index (χ1v) is 11.3. The third kappa shape index (κ3) is 5.13. The lowest BCUT2D eigenvalue weighted by Crippen LogP contribution is -2.52. The molecule has 0 unspecified atom stereocenters. The van der Waals surface area contributed by atoms with Crippen molar-refractivity contribution in [2.24, 2.45) is 5.92 Å². The van der Waals surface area contributed by atoms with Crippen LogP contribution in [0.5, 0.6) is 0 Å². The molecule has 2 aliphatic heterocycles. The highest BCUT2D eigenvalue weighted by Gasteiger charge is 2.53. The van der Waals surface area contributed by atoms with Crippen molar-refractivity contribution in [2.45, 2.75) is 57.5 Å². The molecule has 0 bridgehead atoms.